The summed E-state index contributed by atoms with van der Waals surface area (Å²) in [6.07, 6.45) is 4.28. The van der Waals surface area contributed by atoms with Gasteiger partial charge in [0.2, 0.25) is 0 Å². The summed E-state index contributed by atoms with van der Waals surface area (Å²) in [5.74, 6) is 0.674. The van der Waals surface area contributed by atoms with Crippen molar-refractivity contribution in [2.75, 3.05) is 13.1 Å². The van der Waals surface area contributed by atoms with E-state index in [1.54, 1.807) is 15.9 Å². The van der Waals surface area contributed by atoms with Crippen LogP contribution < -0.4 is 5.56 Å². The first-order valence-corrected chi connectivity index (χ1v) is 11.6. The van der Waals surface area contributed by atoms with Gasteiger partial charge in [0.25, 0.3) is 5.56 Å². The van der Waals surface area contributed by atoms with E-state index >= 15 is 0 Å². The smallest absolute Gasteiger partial charge is 0.263 e. The van der Waals surface area contributed by atoms with Gasteiger partial charge in [-0.25, -0.2) is 4.98 Å². The summed E-state index contributed by atoms with van der Waals surface area (Å²) >= 11 is 3.09. The second kappa shape index (κ2) is 8.27. The molecule has 0 fully saturated rings. The molecular weight excluding hydrogens is 390 g/mol. The molecule has 7 heteroatoms. The highest BCUT2D eigenvalue weighted by Crippen LogP contribution is 2.34. The van der Waals surface area contributed by atoms with Gasteiger partial charge < -0.3 is 0 Å². The zero-order valence-electron chi connectivity index (χ0n) is 16.4. The Morgan fingerprint density at radius 1 is 1.25 bits per heavy atom. The van der Waals surface area contributed by atoms with Gasteiger partial charge in [-0.2, -0.15) is 0 Å². The van der Waals surface area contributed by atoms with Crippen LogP contribution in [0.15, 0.2) is 22.3 Å². The van der Waals surface area contributed by atoms with Gasteiger partial charge in [0.05, 0.1) is 23.4 Å². The molecule has 0 aromatic carbocycles. The van der Waals surface area contributed by atoms with Crippen LogP contribution in [0.2, 0.25) is 0 Å². The number of aromatic nitrogens is 2. The molecule has 0 amide bonds. The van der Waals surface area contributed by atoms with E-state index in [0.29, 0.717) is 17.2 Å². The van der Waals surface area contributed by atoms with Crippen LogP contribution in [-0.2, 0) is 25.9 Å². The minimum Gasteiger partial charge on any atom is -0.297 e. The third kappa shape index (κ3) is 3.58. The number of aryl methyl sites for hydroxylation is 2. The number of nitrogens with zero attached hydrogens (tertiary/aromatic N) is 3. The van der Waals surface area contributed by atoms with Crippen LogP contribution in [-0.4, -0.2) is 33.3 Å². The molecule has 0 saturated carbocycles. The van der Waals surface area contributed by atoms with Gasteiger partial charge in [-0.3, -0.25) is 19.1 Å². The first-order chi connectivity index (χ1) is 13.6. The number of rotatable bonds is 7. The minimum atomic E-state index is -0.0449. The van der Waals surface area contributed by atoms with Crippen molar-refractivity contribution in [3.8, 4) is 0 Å². The zero-order valence-corrected chi connectivity index (χ0v) is 18.0. The molecule has 1 aliphatic carbocycles. The lowest BCUT2D eigenvalue weighted by molar-refractivity contribution is 0.0972. The molecule has 0 saturated heterocycles. The van der Waals surface area contributed by atoms with Crippen LogP contribution in [0.25, 0.3) is 10.2 Å². The molecule has 0 N–H and O–H groups in total. The average Bonchev–Trinajstić information content (AvgIpc) is 3.36. The maximum absolute atomic E-state index is 13.5. The number of thiophene rings is 2. The van der Waals surface area contributed by atoms with Gasteiger partial charge in [0, 0.05) is 4.88 Å². The predicted octanol–water partition coefficient (Wildman–Crippen LogP) is 4.12. The molecule has 0 bridgehead atoms. The van der Waals surface area contributed by atoms with E-state index in [4.69, 9.17) is 4.98 Å². The SMILES string of the molecule is CCN(CC)Cc1nc2sc3c(c2c(=O)n1CC(=O)c1cccs1)CCCC3. The van der Waals surface area contributed by atoms with Gasteiger partial charge in [0.15, 0.2) is 5.78 Å². The highest BCUT2D eigenvalue weighted by molar-refractivity contribution is 7.18. The molecule has 4 rings (SSSR count). The molecule has 0 unspecified atom stereocenters. The molecule has 5 nitrogen and oxygen atoms in total. The minimum absolute atomic E-state index is 0.0249. The zero-order chi connectivity index (χ0) is 19.7. The fraction of sp³-hybridized carbons (Fsp3) is 0.476. The third-order valence-electron chi connectivity index (χ3n) is 5.51. The number of carbonyl (C=O) groups is 1. The largest absolute Gasteiger partial charge is 0.297 e. The Labute approximate surface area is 172 Å². The molecular formula is C21H25N3O2S2. The quantitative estimate of drug-likeness (QED) is 0.545. The van der Waals surface area contributed by atoms with E-state index in [0.717, 1.165) is 42.6 Å². The first kappa shape index (κ1) is 19.5. The normalized spacial score (nSPS) is 14.0. The summed E-state index contributed by atoms with van der Waals surface area (Å²) < 4.78 is 1.63. The molecule has 28 heavy (non-hydrogen) atoms. The Kier molecular flexibility index (Phi) is 5.75. The van der Waals surface area contributed by atoms with Crippen molar-refractivity contribution in [2.24, 2.45) is 0 Å². The van der Waals surface area contributed by atoms with E-state index < -0.39 is 0 Å². The molecule has 3 heterocycles. The van der Waals surface area contributed by atoms with Crippen molar-refractivity contribution in [1.82, 2.24) is 14.5 Å². The molecule has 0 spiro atoms. The van der Waals surface area contributed by atoms with E-state index in [1.165, 1.54) is 28.2 Å². The number of hydrogen-bond donors (Lipinski definition) is 0. The number of hydrogen-bond acceptors (Lipinski definition) is 6. The van der Waals surface area contributed by atoms with Crippen LogP contribution in [0, 0.1) is 0 Å². The molecule has 3 aromatic rings. The van der Waals surface area contributed by atoms with Crippen molar-refractivity contribution >= 4 is 38.7 Å². The van der Waals surface area contributed by atoms with Crippen molar-refractivity contribution in [2.45, 2.75) is 52.6 Å². The summed E-state index contributed by atoms with van der Waals surface area (Å²) in [5.41, 5.74) is 1.13. The number of Topliss-reactive ketones (excluding diaryl/α,β-unsaturated/α-hetero) is 1. The van der Waals surface area contributed by atoms with Gasteiger partial charge >= 0.3 is 0 Å². The van der Waals surface area contributed by atoms with Crippen LogP contribution >= 0.6 is 22.7 Å². The Balaban J connectivity index is 1.84. The molecule has 0 radical (unpaired) electrons. The topological polar surface area (TPSA) is 55.2 Å². The van der Waals surface area contributed by atoms with Gasteiger partial charge in [-0.05, 0) is 55.8 Å². The Morgan fingerprint density at radius 3 is 2.75 bits per heavy atom. The summed E-state index contributed by atoms with van der Waals surface area (Å²) in [7, 11) is 0. The highest BCUT2D eigenvalue weighted by Gasteiger charge is 2.23. The van der Waals surface area contributed by atoms with Crippen LogP contribution in [0.5, 0.6) is 0 Å². The monoisotopic (exact) mass is 415 g/mol. The fourth-order valence-corrected chi connectivity index (χ4v) is 5.80. The molecule has 3 aromatic heterocycles. The van der Waals surface area contributed by atoms with Crippen molar-refractivity contribution in [1.29, 1.82) is 0 Å². The molecule has 148 valence electrons. The Morgan fingerprint density at radius 2 is 2.04 bits per heavy atom. The summed E-state index contributed by atoms with van der Waals surface area (Å²) in [4.78, 5) is 36.3. The molecule has 0 atom stereocenters. The van der Waals surface area contributed by atoms with Crippen LogP contribution in [0.3, 0.4) is 0 Å². The van der Waals surface area contributed by atoms with Crippen molar-refractivity contribution in [3.63, 3.8) is 0 Å². The Hall–Kier alpha value is -1.83. The fourth-order valence-electron chi connectivity index (χ4n) is 3.87. The molecule has 0 aliphatic heterocycles. The lowest BCUT2D eigenvalue weighted by atomic mass is 9.97. The summed E-state index contributed by atoms with van der Waals surface area (Å²) in [6, 6.07) is 3.69. The summed E-state index contributed by atoms with van der Waals surface area (Å²) in [6.45, 7) is 6.60. The lowest BCUT2D eigenvalue weighted by Gasteiger charge is -2.20. The molecule has 1 aliphatic rings. The summed E-state index contributed by atoms with van der Waals surface area (Å²) in [5, 5.41) is 2.64. The first-order valence-electron chi connectivity index (χ1n) is 9.95. The van der Waals surface area contributed by atoms with E-state index in [2.05, 4.69) is 18.7 Å². The third-order valence-corrected chi connectivity index (χ3v) is 7.61. The second-order valence-electron chi connectivity index (χ2n) is 7.17. The van der Waals surface area contributed by atoms with Gasteiger partial charge in [-0.1, -0.05) is 19.9 Å². The second-order valence-corrected chi connectivity index (χ2v) is 9.20. The number of fused-ring (bicyclic) bond motifs is 3. The number of ketones is 1. The maximum atomic E-state index is 13.5. The van der Waals surface area contributed by atoms with Gasteiger partial charge in [0.1, 0.15) is 10.7 Å². The number of carbonyl (C=O) groups excluding carboxylic acids is 1. The Bertz CT molecular complexity index is 1050. The lowest BCUT2D eigenvalue weighted by Crippen LogP contribution is -2.33. The van der Waals surface area contributed by atoms with Crippen LogP contribution in [0.1, 0.15) is 52.6 Å². The average molecular weight is 416 g/mol. The van der Waals surface area contributed by atoms with Crippen LogP contribution in [0.4, 0.5) is 0 Å². The van der Waals surface area contributed by atoms with E-state index in [1.807, 2.05) is 17.5 Å². The standard InChI is InChI=1S/C21H25N3O2S2/c1-3-23(4-2)13-18-22-20-19(14-8-5-6-9-16(14)28-20)21(26)24(18)12-15(25)17-10-7-11-27-17/h7,10-11H,3-6,8-9,12-13H2,1-2H3. The van der Waals surface area contributed by atoms with E-state index in [-0.39, 0.29) is 17.9 Å². The highest BCUT2D eigenvalue weighted by atomic mass is 32.1. The van der Waals surface area contributed by atoms with Gasteiger partial charge in [-0.15, -0.1) is 22.7 Å². The maximum Gasteiger partial charge on any atom is 0.263 e. The predicted molar refractivity (Wildman–Crippen MR) is 116 cm³/mol. The van der Waals surface area contributed by atoms with Crippen molar-refractivity contribution < 1.29 is 4.79 Å². The van der Waals surface area contributed by atoms with Crippen molar-refractivity contribution in [3.05, 3.63) is 49.0 Å². The van der Waals surface area contributed by atoms with E-state index in [9.17, 15) is 9.59 Å².